The van der Waals surface area contributed by atoms with Gasteiger partial charge in [0.1, 0.15) is 5.82 Å². The fourth-order valence-corrected chi connectivity index (χ4v) is 3.33. The molecular formula is C22H25ClN4O. The first-order chi connectivity index (χ1) is 13.6. The largest absolute Gasteiger partial charge is 0.385 e. The van der Waals surface area contributed by atoms with Gasteiger partial charge >= 0.3 is 0 Å². The maximum atomic E-state index is 6.46. The molecule has 0 saturated carbocycles. The molecule has 0 bridgehead atoms. The van der Waals surface area contributed by atoms with Crippen LogP contribution in [0, 0.1) is 13.8 Å². The normalized spacial score (nSPS) is 10.7. The van der Waals surface area contributed by atoms with Crippen molar-refractivity contribution < 1.29 is 4.74 Å². The number of hydrogen-bond acceptors (Lipinski definition) is 5. The molecule has 6 heteroatoms. The third-order valence-electron chi connectivity index (χ3n) is 4.29. The van der Waals surface area contributed by atoms with Crippen LogP contribution in [-0.2, 0) is 4.74 Å². The number of aromatic nitrogens is 2. The maximum absolute atomic E-state index is 6.46. The number of nitrogens with zero attached hydrogens (tertiary/aromatic N) is 2. The Bertz CT molecular complexity index is 908. The smallest absolute Gasteiger partial charge is 0.225 e. The molecule has 0 aliphatic heterocycles. The predicted octanol–water partition coefficient (Wildman–Crippen LogP) is 5.61. The fourth-order valence-electron chi connectivity index (χ4n) is 2.97. The minimum Gasteiger partial charge on any atom is -0.385 e. The molecule has 3 aromatic rings. The Balaban J connectivity index is 1.93. The van der Waals surface area contributed by atoms with Gasteiger partial charge in [-0.3, -0.25) is 0 Å². The Morgan fingerprint density at radius 2 is 1.82 bits per heavy atom. The Hall–Kier alpha value is -2.63. The van der Waals surface area contributed by atoms with Gasteiger partial charge in [-0.15, -0.1) is 0 Å². The molecule has 1 aromatic heterocycles. The van der Waals surface area contributed by atoms with Crippen molar-refractivity contribution in [1.29, 1.82) is 0 Å². The molecule has 0 atom stereocenters. The highest BCUT2D eigenvalue weighted by molar-refractivity contribution is 6.33. The number of ether oxygens (including phenoxy) is 1. The van der Waals surface area contributed by atoms with Gasteiger partial charge in [-0.05, 0) is 37.5 Å². The van der Waals surface area contributed by atoms with Crippen molar-refractivity contribution in [2.45, 2.75) is 20.3 Å². The van der Waals surface area contributed by atoms with Crippen molar-refractivity contribution in [2.75, 3.05) is 30.9 Å². The molecule has 28 heavy (non-hydrogen) atoms. The SMILES string of the molecule is COCCCNc1nc(Nc2c(C)cc(C)cc2Cl)cc(-c2ccccc2)n1. The molecule has 0 aliphatic rings. The van der Waals surface area contributed by atoms with E-state index in [1.165, 1.54) is 0 Å². The highest BCUT2D eigenvalue weighted by Gasteiger charge is 2.10. The Kier molecular flexibility index (Phi) is 6.85. The highest BCUT2D eigenvalue weighted by Crippen LogP contribution is 2.31. The summed E-state index contributed by atoms with van der Waals surface area (Å²) in [4.78, 5) is 9.29. The third kappa shape index (κ3) is 5.21. The monoisotopic (exact) mass is 396 g/mol. The summed E-state index contributed by atoms with van der Waals surface area (Å²) >= 11 is 6.46. The second-order valence-corrected chi connectivity index (χ2v) is 7.07. The van der Waals surface area contributed by atoms with E-state index >= 15 is 0 Å². The lowest BCUT2D eigenvalue weighted by Crippen LogP contribution is -2.09. The van der Waals surface area contributed by atoms with Crippen LogP contribution in [0.3, 0.4) is 0 Å². The van der Waals surface area contributed by atoms with E-state index in [9.17, 15) is 0 Å². The average Bonchev–Trinajstić information content (AvgIpc) is 2.69. The molecule has 0 radical (unpaired) electrons. The Morgan fingerprint density at radius 3 is 2.54 bits per heavy atom. The standard InChI is InChI=1S/C22H25ClN4O/c1-15-12-16(2)21(18(23)13-15)26-20-14-19(17-8-5-4-6-9-17)25-22(27-20)24-10-7-11-28-3/h4-6,8-9,12-14H,7,10-11H2,1-3H3,(H2,24,25,26,27). The van der Waals surface area contributed by atoms with Crippen molar-refractivity contribution in [3.05, 3.63) is 64.7 Å². The summed E-state index contributed by atoms with van der Waals surface area (Å²) in [7, 11) is 1.70. The topological polar surface area (TPSA) is 59.1 Å². The van der Waals surface area contributed by atoms with E-state index < -0.39 is 0 Å². The van der Waals surface area contributed by atoms with Crippen LogP contribution in [0.4, 0.5) is 17.5 Å². The second kappa shape index (κ2) is 9.53. The van der Waals surface area contributed by atoms with E-state index in [0.29, 0.717) is 23.4 Å². The van der Waals surface area contributed by atoms with Gasteiger partial charge in [0.2, 0.25) is 5.95 Å². The zero-order chi connectivity index (χ0) is 19.9. The molecule has 0 unspecified atom stereocenters. The number of nitrogens with one attached hydrogen (secondary N) is 2. The molecule has 1 heterocycles. The van der Waals surface area contributed by atoms with Gasteiger partial charge in [-0.25, -0.2) is 4.98 Å². The average molecular weight is 397 g/mol. The van der Waals surface area contributed by atoms with E-state index in [1.54, 1.807) is 7.11 Å². The number of aryl methyl sites for hydroxylation is 2. The Morgan fingerprint density at radius 1 is 1.04 bits per heavy atom. The number of halogens is 1. The molecule has 0 fully saturated rings. The minimum atomic E-state index is 0.570. The first-order valence-corrected chi connectivity index (χ1v) is 9.65. The van der Waals surface area contributed by atoms with Crippen LogP contribution in [-0.4, -0.2) is 30.2 Å². The summed E-state index contributed by atoms with van der Waals surface area (Å²) < 4.78 is 5.10. The zero-order valence-corrected chi connectivity index (χ0v) is 17.2. The lowest BCUT2D eigenvalue weighted by molar-refractivity contribution is 0.197. The predicted molar refractivity (Wildman–Crippen MR) is 117 cm³/mol. The van der Waals surface area contributed by atoms with E-state index in [0.717, 1.165) is 41.0 Å². The lowest BCUT2D eigenvalue weighted by atomic mass is 10.1. The van der Waals surface area contributed by atoms with Gasteiger partial charge in [0, 0.05) is 31.9 Å². The number of methoxy groups -OCH3 is 1. The van der Waals surface area contributed by atoms with E-state index in [2.05, 4.69) is 26.7 Å². The van der Waals surface area contributed by atoms with E-state index in [-0.39, 0.29) is 0 Å². The lowest BCUT2D eigenvalue weighted by Gasteiger charge is -2.14. The molecule has 0 spiro atoms. The molecule has 0 aliphatic carbocycles. The molecule has 3 rings (SSSR count). The van der Waals surface area contributed by atoms with Crippen LogP contribution in [0.5, 0.6) is 0 Å². The van der Waals surface area contributed by atoms with Crippen molar-refractivity contribution in [3.8, 4) is 11.3 Å². The molecule has 2 N–H and O–H groups in total. The van der Waals surface area contributed by atoms with Gasteiger partial charge in [0.25, 0.3) is 0 Å². The van der Waals surface area contributed by atoms with Crippen LogP contribution < -0.4 is 10.6 Å². The molecular weight excluding hydrogens is 372 g/mol. The third-order valence-corrected chi connectivity index (χ3v) is 4.59. The van der Waals surface area contributed by atoms with Crippen LogP contribution in [0.2, 0.25) is 5.02 Å². The van der Waals surface area contributed by atoms with E-state index in [1.807, 2.05) is 56.3 Å². The number of hydrogen-bond donors (Lipinski definition) is 2. The second-order valence-electron chi connectivity index (χ2n) is 6.66. The molecule has 0 amide bonds. The van der Waals surface area contributed by atoms with Crippen LogP contribution in [0.15, 0.2) is 48.5 Å². The first kappa shape index (κ1) is 20.1. The molecule has 2 aromatic carbocycles. The summed E-state index contributed by atoms with van der Waals surface area (Å²) in [6.07, 6.45) is 0.876. The van der Waals surface area contributed by atoms with Gasteiger partial charge in [0.15, 0.2) is 0 Å². The van der Waals surface area contributed by atoms with Crippen molar-refractivity contribution >= 4 is 29.1 Å². The fraction of sp³-hybridized carbons (Fsp3) is 0.273. The van der Waals surface area contributed by atoms with Gasteiger partial charge in [-0.2, -0.15) is 4.98 Å². The summed E-state index contributed by atoms with van der Waals surface area (Å²) in [6, 6.07) is 16.0. The van der Waals surface area contributed by atoms with Gasteiger partial charge in [0.05, 0.1) is 16.4 Å². The quantitative estimate of drug-likeness (QED) is 0.485. The summed E-state index contributed by atoms with van der Waals surface area (Å²) in [5.41, 5.74) is 4.92. The Labute approximate surface area is 171 Å². The number of anilines is 3. The molecule has 146 valence electrons. The van der Waals surface area contributed by atoms with Crippen LogP contribution >= 0.6 is 11.6 Å². The van der Waals surface area contributed by atoms with E-state index in [4.69, 9.17) is 16.3 Å². The van der Waals surface area contributed by atoms with Crippen molar-refractivity contribution in [2.24, 2.45) is 0 Å². The maximum Gasteiger partial charge on any atom is 0.225 e. The summed E-state index contributed by atoms with van der Waals surface area (Å²) in [6.45, 7) is 5.48. The van der Waals surface area contributed by atoms with Crippen LogP contribution in [0.1, 0.15) is 17.5 Å². The van der Waals surface area contributed by atoms with Gasteiger partial charge < -0.3 is 15.4 Å². The first-order valence-electron chi connectivity index (χ1n) is 9.28. The molecule has 0 saturated heterocycles. The molecule has 5 nitrogen and oxygen atoms in total. The van der Waals surface area contributed by atoms with Crippen LogP contribution in [0.25, 0.3) is 11.3 Å². The minimum absolute atomic E-state index is 0.570. The van der Waals surface area contributed by atoms with Crippen molar-refractivity contribution in [1.82, 2.24) is 9.97 Å². The van der Waals surface area contributed by atoms with Gasteiger partial charge in [-0.1, -0.05) is 48.0 Å². The highest BCUT2D eigenvalue weighted by atomic mass is 35.5. The number of rotatable bonds is 8. The summed E-state index contributed by atoms with van der Waals surface area (Å²) in [5.74, 6) is 1.26. The van der Waals surface area contributed by atoms with Crippen molar-refractivity contribution in [3.63, 3.8) is 0 Å². The number of benzene rings is 2. The zero-order valence-electron chi connectivity index (χ0n) is 16.4. The summed E-state index contributed by atoms with van der Waals surface area (Å²) in [5, 5.41) is 7.32.